The molecule has 0 unspecified atom stereocenters. The van der Waals surface area contributed by atoms with Crippen molar-refractivity contribution in [3.8, 4) is 0 Å². The lowest BCUT2D eigenvalue weighted by atomic mass is 10.2. The molecular formula is C10H15N3O2S. The molecule has 5 nitrogen and oxygen atoms in total. The van der Waals surface area contributed by atoms with Gasteiger partial charge in [0, 0.05) is 38.2 Å². The minimum absolute atomic E-state index is 0.320. The van der Waals surface area contributed by atoms with E-state index < -0.39 is 5.97 Å². The van der Waals surface area contributed by atoms with E-state index in [9.17, 15) is 4.79 Å². The molecule has 6 heteroatoms. The minimum Gasteiger partial charge on any atom is -0.478 e. The SMILES string of the molecule is Cn1ncc(C(=O)O)c1CN1CCSCC1. The molecule has 1 aromatic heterocycles. The van der Waals surface area contributed by atoms with Crippen LogP contribution in [0.3, 0.4) is 0 Å². The second-order valence-corrected chi connectivity index (χ2v) is 5.05. The van der Waals surface area contributed by atoms with Crippen LogP contribution in [0.5, 0.6) is 0 Å². The molecule has 1 aromatic rings. The zero-order chi connectivity index (χ0) is 11.5. The first-order valence-electron chi connectivity index (χ1n) is 5.23. The fraction of sp³-hybridized carbons (Fsp3) is 0.600. The number of carbonyl (C=O) groups is 1. The molecule has 16 heavy (non-hydrogen) atoms. The van der Waals surface area contributed by atoms with Crippen molar-refractivity contribution in [3.63, 3.8) is 0 Å². The molecule has 2 heterocycles. The van der Waals surface area contributed by atoms with Crippen LogP contribution in [-0.4, -0.2) is 50.4 Å². The van der Waals surface area contributed by atoms with Crippen LogP contribution in [0.15, 0.2) is 6.20 Å². The van der Waals surface area contributed by atoms with Gasteiger partial charge < -0.3 is 5.11 Å². The van der Waals surface area contributed by atoms with Crippen molar-refractivity contribution in [2.75, 3.05) is 24.6 Å². The first-order chi connectivity index (χ1) is 7.68. The highest BCUT2D eigenvalue weighted by Crippen LogP contribution is 2.15. The summed E-state index contributed by atoms with van der Waals surface area (Å²) in [6.07, 6.45) is 1.43. The van der Waals surface area contributed by atoms with E-state index >= 15 is 0 Å². The topological polar surface area (TPSA) is 58.4 Å². The molecule has 0 radical (unpaired) electrons. The Morgan fingerprint density at radius 1 is 1.56 bits per heavy atom. The number of aromatic carboxylic acids is 1. The smallest absolute Gasteiger partial charge is 0.339 e. The highest BCUT2D eigenvalue weighted by Gasteiger charge is 2.19. The largest absolute Gasteiger partial charge is 0.478 e. The van der Waals surface area contributed by atoms with Gasteiger partial charge in [-0.25, -0.2) is 4.79 Å². The Kier molecular flexibility index (Phi) is 3.50. The highest BCUT2D eigenvalue weighted by molar-refractivity contribution is 7.99. The average molecular weight is 241 g/mol. The summed E-state index contributed by atoms with van der Waals surface area (Å²) in [6, 6.07) is 0. The van der Waals surface area contributed by atoms with Crippen LogP contribution in [0.4, 0.5) is 0 Å². The van der Waals surface area contributed by atoms with Crippen molar-refractivity contribution < 1.29 is 9.90 Å². The quantitative estimate of drug-likeness (QED) is 0.842. The summed E-state index contributed by atoms with van der Waals surface area (Å²) in [4.78, 5) is 13.3. The molecule has 0 spiro atoms. The molecule has 2 rings (SSSR count). The van der Waals surface area contributed by atoms with Gasteiger partial charge in [-0.15, -0.1) is 0 Å². The second kappa shape index (κ2) is 4.88. The van der Waals surface area contributed by atoms with Gasteiger partial charge in [0.2, 0.25) is 0 Å². The first kappa shape index (κ1) is 11.5. The van der Waals surface area contributed by atoms with E-state index in [1.165, 1.54) is 6.20 Å². The summed E-state index contributed by atoms with van der Waals surface area (Å²) >= 11 is 1.95. The molecule has 0 saturated carbocycles. The predicted molar refractivity (Wildman–Crippen MR) is 62.8 cm³/mol. The maximum atomic E-state index is 11.0. The van der Waals surface area contributed by atoms with E-state index in [4.69, 9.17) is 5.11 Å². The van der Waals surface area contributed by atoms with E-state index in [1.807, 2.05) is 11.8 Å². The molecule has 0 atom stereocenters. The van der Waals surface area contributed by atoms with Crippen molar-refractivity contribution in [1.29, 1.82) is 0 Å². The van der Waals surface area contributed by atoms with Gasteiger partial charge in [0.05, 0.1) is 11.9 Å². The van der Waals surface area contributed by atoms with E-state index in [0.29, 0.717) is 12.1 Å². The lowest BCUT2D eigenvalue weighted by Crippen LogP contribution is -2.33. The molecule has 1 N–H and O–H groups in total. The third kappa shape index (κ3) is 2.38. The third-order valence-electron chi connectivity index (χ3n) is 2.77. The van der Waals surface area contributed by atoms with E-state index in [1.54, 1.807) is 11.7 Å². The molecule has 88 valence electrons. The monoisotopic (exact) mass is 241 g/mol. The predicted octanol–water partition coefficient (Wildman–Crippen LogP) is 0.667. The Morgan fingerprint density at radius 3 is 2.88 bits per heavy atom. The molecule has 1 aliphatic rings. The summed E-state index contributed by atoms with van der Waals surface area (Å²) in [5.74, 6) is 1.36. The Labute approximate surface area is 98.4 Å². The number of hydrogen-bond acceptors (Lipinski definition) is 4. The fourth-order valence-electron chi connectivity index (χ4n) is 1.80. The lowest BCUT2D eigenvalue weighted by Gasteiger charge is -2.26. The molecule has 0 aromatic carbocycles. The molecule has 1 saturated heterocycles. The van der Waals surface area contributed by atoms with Crippen LogP contribution >= 0.6 is 11.8 Å². The van der Waals surface area contributed by atoms with Crippen molar-refractivity contribution in [3.05, 3.63) is 17.5 Å². The average Bonchev–Trinajstić information content (AvgIpc) is 2.62. The van der Waals surface area contributed by atoms with Gasteiger partial charge in [0.15, 0.2) is 0 Å². The molecule has 0 bridgehead atoms. The van der Waals surface area contributed by atoms with Crippen molar-refractivity contribution >= 4 is 17.7 Å². The Morgan fingerprint density at radius 2 is 2.25 bits per heavy atom. The van der Waals surface area contributed by atoms with Crippen LogP contribution in [0.1, 0.15) is 16.1 Å². The van der Waals surface area contributed by atoms with Crippen molar-refractivity contribution in [2.24, 2.45) is 7.05 Å². The van der Waals surface area contributed by atoms with Crippen molar-refractivity contribution in [1.82, 2.24) is 14.7 Å². The Balaban J connectivity index is 2.12. The normalized spacial score (nSPS) is 17.6. The van der Waals surface area contributed by atoms with Crippen LogP contribution in [0, 0.1) is 0 Å². The van der Waals surface area contributed by atoms with Gasteiger partial charge in [-0.1, -0.05) is 0 Å². The maximum Gasteiger partial charge on any atom is 0.339 e. The van der Waals surface area contributed by atoms with Gasteiger partial charge in [-0.05, 0) is 0 Å². The second-order valence-electron chi connectivity index (χ2n) is 3.82. The Bertz CT molecular complexity index is 385. The number of hydrogen-bond donors (Lipinski definition) is 1. The van der Waals surface area contributed by atoms with Gasteiger partial charge >= 0.3 is 5.97 Å². The molecule has 0 amide bonds. The number of rotatable bonds is 3. The number of carboxylic acid groups (broad SMARTS) is 1. The standard InChI is InChI=1S/C10H15N3O2S/c1-12-9(8(6-11-12)10(14)15)7-13-2-4-16-5-3-13/h6H,2-5,7H2,1H3,(H,14,15). The molecular weight excluding hydrogens is 226 g/mol. The van der Waals surface area contributed by atoms with E-state index in [2.05, 4.69) is 10.00 Å². The summed E-state index contributed by atoms with van der Waals surface area (Å²) in [5, 5.41) is 13.0. The van der Waals surface area contributed by atoms with Crippen LogP contribution in [-0.2, 0) is 13.6 Å². The van der Waals surface area contributed by atoms with Gasteiger partial charge in [-0.3, -0.25) is 9.58 Å². The minimum atomic E-state index is -0.894. The number of nitrogens with zero attached hydrogens (tertiary/aromatic N) is 3. The van der Waals surface area contributed by atoms with E-state index in [0.717, 1.165) is 30.3 Å². The third-order valence-corrected chi connectivity index (χ3v) is 3.71. The number of carboxylic acids is 1. The fourth-order valence-corrected chi connectivity index (χ4v) is 2.78. The summed E-state index contributed by atoms with van der Waals surface area (Å²) in [7, 11) is 1.79. The summed E-state index contributed by atoms with van der Waals surface area (Å²) < 4.78 is 1.66. The highest BCUT2D eigenvalue weighted by atomic mass is 32.2. The van der Waals surface area contributed by atoms with Gasteiger partial charge in [-0.2, -0.15) is 16.9 Å². The number of aromatic nitrogens is 2. The van der Waals surface area contributed by atoms with Gasteiger partial charge in [0.1, 0.15) is 5.56 Å². The zero-order valence-electron chi connectivity index (χ0n) is 9.22. The van der Waals surface area contributed by atoms with Crippen LogP contribution < -0.4 is 0 Å². The number of thioether (sulfide) groups is 1. The molecule has 1 fully saturated rings. The molecule has 1 aliphatic heterocycles. The van der Waals surface area contributed by atoms with E-state index in [-0.39, 0.29) is 0 Å². The lowest BCUT2D eigenvalue weighted by molar-refractivity contribution is 0.0694. The summed E-state index contributed by atoms with van der Waals surface area (Å²) in [6.45, 7) is 2.72. The molecule has 0 aliphatic carbocycles. The first-order valence-corrected chi connectivity index (χ1v) is 6.38. The Hall–Kier alpha value is -1.01. The van der Waals surface area contributed by atoms with Gasteiger partial charge in [0.25, 0.3) is 0 Å². The van der Waals surface area contributed by atoms with Crippen LogP contribution in [0.2, 0.25) is 0 Å². The van der Waals surface area contributed by atoms with Crippen molar-refractivity contribution in [2.45, 2.75) is 6.54 Å². The summed E-state index contributed by atoms with van der Waals surface area (Å²) in [5.41, 5.74) is 1.11. The maximum absolute atomic E-state index is 11.0. The number of aryl methyl sites for hydroxylation is 1. The zero-order valence-corrected chi connectivity index (χ0v) is 10.0. The van der Waals surface area contributed by atoms with Crippen LogP contribution in [0.25, 0.3) is 0 Å².